The summed E-state index contributed by atoms with van der Waals surface area (Å²) in [6.07, 6.45) is -4.57. The number of oxime groups is 1. The predicted octanol–water partition coefficient (Wildman–Crippen LogP) is 2.77. The lowest BCUT2D eigenvalue weighted by atomic mass is 10.7. The summed E-state index contributed by atoms with van der Waals surface area (Å²) in [6, 6.07) is 0. The van der Waals surface area contributed by atoms with Crippen molar-refractivity contribution in [1.29, 1.82) is 0 Å². The van der Waals surface area contributed by atoms with E-state index in [9.17, 15) is 13.2 Å². The minimum absolute atomic E-state index is 0.844. The molecule has 0 aliphatic heterocycles. The predicted molar refractivity (Wildman–Crippen MR) is 46.4 cm³/mol. The lowest BCUT2D eigenvalue weighted by molar-refractivity contribution is -0.0569. The van der Waals surface area contributed by atoms with Crippen molar-refractivity contribution in [2.24, 2.45) is 5.16 Å². The molecule has 7 heteroatoms. The Kier molecular flexibility index (Phi) is 9.70. The molecule has 0 saturated carbocycles. The zero-order valence-electron chi connectivity index (χ0n) is 7.23. The van der Waals surface area contributed by atoms with Crippen LogP contribution in [0, 0.1) is 0 Å². The van der Waals surface area contributed by atoms with Crippen LogP contribution in [0.5, 0.6) is 0 Å². The van der Waals surface area contributed by atoms with Crippen LogP contribution in [0.25, 0.3) is 0 Å². The van der Waals surface area contributed by atoms with E-state index in [0.717, 1.165) is 13.2 Å². The Hall–Kier alpha value is -0.300. The van der Waals surface area contributed by atoms with Crippen LogP contribution in [-0.2, 0) is 4.74 Å². The smallest absolute Gasteiger partial charge is 0.410 e. The number of halogens is 4. The quantitative estimate of drug-likeness (QED) is 0.474. The molecule has 0 aromatic rings. The van der Waals surface area contributed by atoms with E-state index in [2.05, 4.69) is 0 Å². The minimum Gasteiger partial charge on any atom is -0.410 e. The number of ether oxygens (including phenoxy) is 1. The summed E-state index contributed by atoms with van der Waals surface area (Å²) in [4.78, 5) is 0. The molecule has 0 bridgehead atoms. The van der Waals surface area contributed by atoms with Gasteiger partial charge < -0.3 is 9.94 Å². The van der Waals surface area contributed by atoms with Gasteiger partial charge in [-0.25, -0.2) is 0 Å². The van der Waals surface area contributed by atoms with E-state index in [0.29, 0.717) is 0 Å². The fraction of sp³-hybridized carbons (Fsp3) is 0.833. The van der Waals surface area contributed by atoms with E-state index in [4.69, 9.17) is 9.94 Å². The molecular formula is C6H11BrF3NO2. The SMILES string of the molecule is CCOCC.ON=C(Br)C(F)(F)F. The van der Waals surface area contributed by atoms with Crippen LogP contribution in [0.3, 0.4) is 0 Å². The molecule has 0 aliphatic carbocycles. The Morgan fingerprint density at radius 3 is 1.77 bits per heavy atom. The molecule has 0 heterocycles. The van der Waals surface area contributed by atoms with Crippen molar-refractivity contribution in [3.05, 3.63) is 0 Å². The van der Waals surface area contributed by atoms with Crippen molar-refractivity contribution in [2.75, 3.05) is 13.2 Å². The van der Waals surface area contributed by atoms with Gasteiger partial charge in [-0.3, -0.25) is 0 Å². The van der Waals surface area contributed by atoms with E-state index in [1.165, 1.54) is 0 Å². The van der Waals surface area contributed by atoms with Gasteiger partial charge in [0.05, 0.1) is 0 Å². The maximum Gasteiger partial charge on any atom is 0.443 e. The maximum atomic E-state index is 11.1. The molecule has 13 heavy (non-hydrogen) atoms. The van der Waals surface area contributed by atoms with Gasteiger partial charge in [0.2, 0.25) is 4.62 Å². The largest absolute Gasteiger partial charge is 0.443 e. The highest BCUT2D eigenvalue weighted by Crippen LogP contribution is 2.20. The Balaban J connectivity index is 0. The van der Waals surface area contributed by atoms with Gasteiger partial charge in [0.15, 0.2) is 0 Å². The Labute approximate surface area is 82.7 Å². The molecule has 0 rings (SSSR count). The Bertz CT molecular complexity index is 147. The zero-order chi connectivity index (χ0) is 10.9. The fourth-order valence-electron chi connectivity index (χ4n) is 0.261. The molecule has 0 aromatic carbocycles. The summed E-state index contributed by atoms with van der Waals surface area (Å²) in [7, 11) is 0. The molecule has 3 nitrogen and oxygen atoms in total. The van der Waals surface area contributed by atoms with Crippen LogP contribution >= 0.6 is 15.9 Å². The average Bonchev–Trinajstić information content (AvgIpc) is 2.04. The third-order valence-electron chi connectivity index (χ3n) is 0.730. The molecule has 0 spiro atoms. The Morgan fingerprint density at radius 2 is 1.77 bits per heavy atom. The standard InChI is InChI=1S/C4H10O.C2HBrF3NO/c1-3-5-4-2;3-1(7-8)2(4,5)6/h3-4H2,1-2H3;8H. The highest BCUT2D eigenvalue weighted by Gasteiger charge is 2.34. The summed E-state index contributed by atoms with van der Waals surface area (Å²) in [5.74, 6) is 0. The number of nitrogens with zero attached hydrogens (tertiary/aromatic N) is 1. The third kappa shape index (κ3) is 11.7. The topological polar surface area (TPSA) is 41.8 Å². The molecule has 0 amide bonds. The molecule has 1 N–H and O–H groups in total. The van der Waals surface area contributed by atoms with Crippen molar-refractivity contribution in [1.82, 2.24) is 0 Å². The van der Waals surface area contributed by atoms with Crippen molar-refractivity contribution in [3.63, 3.8) is 0 Å². The van der Waals surface area contributed by atoms with Gasteiger partial charge in [-0.15, -0.1) is 0 Å². The first-order valence-electron chi connectivity index (χ1n) is 3.42. The van der Waals surface area contributed by atoms with Crippen molar-refractivity contribution >= 4 is 20.6 Å². The molecule has 0 aromatic heterocycles. The molecule has 80 valence electrons. The normalized spacial score (nSPS) is 12.0. The summed E-state index contributed by atoms with van der Waals surface area (Å²) in [5, 5.41) is 9.36. The van der Waals surface area contributed by atoms with Gasteiger partial charge in [0.1, 0.15) is 0 Å². The molecule has 0 unspecified atom stereocenters. The second kappa shape index (κ2) is 8.31. The van der Waals surface area contributed by atoms with Crippen LogP contribution in [0.4, 0.5) is 13.2 Å². The first-order chi connectivity index (χ1) is 5.90. The molecule has 0 radical (unpaired) electrons. The second-order valence-corrected chi connectivity index (χ2v) is 2.42. The molecule has 0 fully saturated rings. The summed E-state index contributed by atoms with van der Waals surface area (Å²) in [5.41, 5.74) is 0. The van der Waals surface area contributed by atoms with Crippen LogP contribution in [-0.4, -0.2) is 29.2 Å². The van der Waals surface area contributed by atoms with E-state index >= 15 is 0 Å². The van der Waals surface area contributed by atoms with E-state index in [-0.39, 0.29) is 0 Å². The third-order valence-corrected chi connectivity index (χ3v) is 1.34. The van der Waals surface area contributed by atoms with Crippen LogP contribution in [0.15, 0.2) is 5.16 Å². The van der Waals surface area contributed by atoms with Gasteiger partial charge in [0.25, 0.3) is 0 Å². The molecular weight excluding hydrogens is 255 g/mol. The van der Waals surface area contributed by atoms with Gasteiger partial charge >= 0.3 is 6.18 Å². The number of rotatable bonds is 2. The number of alkyl halides is 3. The minimum atomic E-state index is -4.57. The van der Waals surface area contributed by atoms with Crippen molar-refractivity contribution in [3.8, 4) is 0 Å². The van der Waals surface area contributed by atoms with Crippen LogP contribution in [0.1, 0.15) is 13.8 Å². The van der Waals surface area contributed by atoms with Crippen molar-refractivity contribution in [2.45, 2.75) is 20.0 Å². The van der Waals surface area contributed by atoms with Gasteiger partial charge in [-0.2, -0.15) is 13.2 Å². The second-order valence-electron chi connectivity index (χ2n) is 1.67. The van der Waals surface area contributed by atoms with Crippen LogP contribution < -0.4 is 0 Å². The Morgan fingerprint density at radius 1 is 1.38 bits per heavy atom. The zero-order valence-corrected chi connectivity index (χ0v) is 8.81. The van der Waals surface area contributed by atoms with Crippen LogP contribution in [0.2, 0.25) is 0 Å². The first-order valence-corrected chi connectivity index (χ1v) is 4.21. The van der Waals surface area contributed by atoms with Gasteiger partial charge in [-0.1, -0.05) is 5.16 Å². The van der Waals surface area contributed by atoms with Gasteiger partial charge in [0, 0.05) is 13.2 Å². The molecule has 0 aliphatic rings. The lowest BCUT2D eigenvalue weighted by Gasteiger charge is -1.98. The average molecular weight is 266 g/mol. The number of hydrogen-bond donors (Lipinski definition) is 1. The monoisotopic (exact) mass is 265 g/mol. The van der Waals surface area contributed by atoms with Crippen molar-refractivity contribution < 1.29 is 23.1 Å². The number of hydrogen-bond acceptors (Lipinski definition) is 3. The van der Waals surface area contributed by atoms with E-state index in [1.54, 1.807) is 0 Å². The lowest BCUT2D eigenvalue weighted by Crippen LogP contribution is -2.16. The summed E-state index contributed by atoms with van der Waals surface area (Å²) in [6.45, 7) is 5.67. The van der Waals surface area contributed by atoms with Gasteiger partial charge in [-0.05, 0) is 29.8 Å². The highest BCUT2D eigenvalue weighted by atomic mass is 79.9. The van der Waals surface area contributed by atoms with E-state index in [1.807, 2.05) is 34.9 Å². The summed E-state index contributed by atoms with van der Waals surface area (Å²) >= 11 is 1.97. The fourth-order valence-corrected chi connectivity index (χ4v) is 0.261. The maximum absolute atomic E-state index is 11.1. The molecule has 0 saturated heterocycles. The van der Waals surface area contributed by atoms with E-state index < -0.39 is 10.8 Å². The molecule has 0 atom stereocenters. The summed E-state index contributed by atoms with van der Waals surface area (Å²) < 4.78 is 36.7. The highest BCUT2D eigenvalue weighted by molar-refractivity contribution is 9.18. The first kappa shape index (κ1) is 15.2.